The van der Waals surface area contributed by atoms with Crippen molar-refractivity contribution in [3.05, 3.63) is 47.4 Å². The summed E-state index contributed by atoms with van der Waals surface area (Å²) < 4.78 is 10.7. The molecule has 0 spiro atoms. The van der Waals surface area contributed by atoms with Gasteiger partial charge in [0.05, 0.1) is 7.11 Å². The van der Waals surface area contributed by atoms with Crippen LogP contribution in [0.15, 0.2) is 34.7 Å². The van der Waals surface area contributed by atoms with Gasteiger partial charge in [0, 0.05) is 31.9 Å². The number of amides is 1. The van der Waals surface area contributed by atoms with E-state index in [1.807, 2.05) is 36.9 Å². The normalized spacial score (nSPS) is 14.9. The SMILES string of the molecule is COc1ccc(N2CCN(C(=O)c3cc(C)c(C)o3)CC2)cc1. The van der Waals surface area contributed by atoms with Crippen molar-refractivity contribution >= 4 is 11.6 Å². The third-order valence-corrected chi connectivity index (χ3v) is 4.38. The second-order valence-corrected chi connectivity index (χ2v) is 5.83. The predicted molar refractivity (Wildman–Crippen MR) is 89.3 cm³/mol. The van der Waals surface area contributed by atoms with Gasteiger partial charge < -0.3 is 19.0 Å². The third kappa shape index (κ3) is 3.18. The molecule has 3 rings (SSSR count). The number of carbonyl (C=O) groups is 1. The van der Waals surface area contributed by atoms with Gasteiger partial charge in [-0.15, -0.1) is 0 Å². The average molecular weight is 314 g/mol. The van der Waals surface area contributed by atoms with E-state index in [0.29, 0.717) is 18.8 Å². The van der Waals surface area contributed by atoms with Crippen LogP contribution in [0.5, 0.6) is 5.75 Å². The van der Waals surface area contributed by atoms with Crippen molar-refractivity contribution in [1.82, 2.24) is 4.90 Å². The minimum Gasteiger partial charge on any atom is -0.497 e. The van der Waals surface area contributed by atoms with Crippen LogP contribution in [0.2, 0.25) is 0 Å². The molecule has 0 saturated carbocycles. The Bertz CT molecular complexity index is 663. The fourth-order valence-corrected chi connectivity index (χ4v) is 2.80. The number of benzene rings is 1. The number of piperazine rings is 1. The Balaban J connectivity index is 1.62. The topological polar surface area (TPSA) is 45.9 Å². The number of hydrogen-bond acceptors (Lipinski definition) is 4. The molecule has 0 unspecified atom stereocenters. The Morgan fingerprint density at radius 1 is 1.09 bits per heavy atom. The van der Waals surface area contributed by atoms with Gasteiger partial charge in [-0.25, -0.2) is 0 Å². The lowest BCUT2D eigenvalue weighted by Crippen LogP contribution is -2.48. The van der Waals surface area contributed by atoms with Gasteiger partial charge in [-0.1, -0.05) is 0 Å². The zero-order chi connectivity index (χ0) is 16.4. The van der Waals surface area contributed by atoms with Gasteiger partial charge in [0.2, 0.25) is 0 Å². The van der Waals surface area contributed by atoms with Gasteiger partial charge in [0.15, 0.2) is 5.76 Å². The molecule has 1 aromatic carbocycles. The molecule has 1 saturated heterocycles. The lowest BCUT2D eigenvalue weighted by atomic mass is 10.2. The van der Waals surface area contributed by atoms with Crippen LogP contribution in [-0.4, -0.2) is 44.1 Å². The molecule has 0 radical (unpaired) electrons. The number of hydrogen-bond donors (Lipinski definition) is 0. The van der Waals surface area contributed by atoms with E-state index in [0.717, 1.165) is 35.9 Å². The van der Waals surface area contributed by atoms with E-state index < -0.39 is 0 Å². The van der Waals surface area contributed by atoms with E-state index in [-0.39, 0.29) is 5.91 Å². The predicted octanol–water partition coefficient (Wildman–Crippen LogP) is 2.87. The number of ether oxygens (including phenoxy) is 1. The molecule has 1 fully saturated rings. The van der Waals surface area contributed by atoms with Crippen LogP contribution in [0, 0.1) is 13.8 Å². The quantitative estimate of drug-likeness (QED) is 0.874. The van der Waals surface area contributed by atoms with Crippen molar-refractivity contribution in [2.24, 2.45) is 0 Å². The molecule has 1 amide bonds. The second-order valence-electron chi connectivity index (χ2n) is 5.83. The van der Waals surface area contributed by atoms with Crippen LogP contribution in [0.4, 0.5) is 5.69 Å². The number of methoxy groups -OCH3 is 1. The molecule has 0 aliphatic carbocycles. The fraction of sp³-hybridized carbons (Fsp3) is 0.389. The summed E-state index contributed by atoms with van der Waals surface area (Å²) in [5.74, 6) is 2.09. The van der Waals surface area contributed by atoms with Crippen molar-refractivity contribution in [2.45, 2.75) is 13.8 Å². The third-order valence-electron chi connectivity index (χ3n) is 4.38. The van der Waals surface area contributed by atoms with Crippen LogP contribution in [0.3, 0.4) is 0 Å². The summed E-state index contributed by atoms with van der Waals surface area (Å²) in [5, 5.41) is 0. The number of anilines is 1. The van der Waals surface area contributed by atoms with Crippen LogP contribution < -0.4 is 9.64 Å². The van der Waals surface area contributed by atoms with E-state index in [4.69, 9.17) is 9.15 Å². The molecule has 0 N–H and O–H groups in total. The Hall–Kier alpha value is -2.43. The number of rotatable bonds is 3. The minimum absolute atomic E-state index is 0.0180. The van der Waals surface area contributed by atoms with E-state index in [1.165, 1.54) is 0 Å². The first-order valence-corrected chi connectivity index (χ1v) is 7.84. The molecule has 0 atom stereocenters. The van der Waals surface area contributed by atoms with Gasteiger partial charge in [0.1, 0.15) is 11.5 Å². The summed E-state index contributed by atoms with van der Waals surface area (Å²) in [6.07, 6.45) is 0. The molecule has 1 aromatic heterocycles. The summed E-state index contributed by atoms with van der Waals surface area (Å²) in [6, 6.07) is 9.85. The molecular formula is C18H22N2O3. The molecular weight excluding hydrogens is 292 g/mol. The summed E-state index contributed by atoms with van der Waals surface area (Å²) in [5.41, 5.74) is 2.17. The standard InChI is InChI=1S/C18H22N2O3/c1-13-12-17(23-14(13)2)18(21)20-10-8-19(9-11-20)15-4-6-16(22-3)7-5-15/h4-7,12H,8-11H2,1-3H3. The maximum Gasteiger partial charge on any atom is 0.289 e. The van der Waals surface area contributed by atoms with Crippen LogP contribution in [-0.2, 0) is 0 Å². The highest BCUT2D eigenvalue weighted by Crippen LogP contribution is 2.21. The Labute approximate surface area is 136 Å². The van der Waals surface area contributed by atoms with Crippen molar-refractivity contribution in [3.8, 4) is 5.75 Å². The van der Waals surface area contributed by atoms with Crippen LogP contribution in [0.1, 0.15) is 21.9 Å². The average Bonchev–Trinajstić information content (AvgIpc) is 2.93. The van der Waals surface area contributed by atoms with Gasteiger partial charge in [-0.2, -0.15) is 0 Å². The lowest BCUT2D eigenvalue weighted by molar-refractivity contribution is 0.0713. The highest BCUT2D eigenvalue weighted by Gasteiger charge is 2.24. The molecule has 0 bridgehead atoms. The summed E-state index contributed by atoms with van der Waals surface area (Å²) in [7, 11) is 1.66. The molecule has 2 aromatic rings. The number of furan rings is 1. The molecule has 122 valence electrons. The van der Waals surface area contributed by atoms with E-state index in [1.54, 1.807) is 7.11 Å². The largest absolute Gasteiger partial charge is 0.497 e. The monoisotopic (exact) mass is 314 g/mol. The Morgan fingerprint density at radius 3 is 2.26 bits per heavy atom. The first-order chi connectivity index (χ1) is 11.1. The van der Waals surface area contributed by atoms with E-state index >= 15 is 0 Å². The first kappa shape index (κ1) is 15.5. The lowest BCUT2D eigenvalue weighted by Gasteiger charge is -2.35. The minimum atomic E-state index is -0.0180. The summed E-state index contributed by atoms with van der Waals surface area (Å²) in [6.45, 7) is 6.87. The van der Waals surface area contributed by atoms with Gasteiger partial charge >= 0.3 is 0 Å². The Morgan fingerprint density at radius 2 is 1.74 bits per heavy atom. The van der Waals surface area contributed by atoms with Crippen LogP contribution >= 0.6 is 0 Å². The molecule has 1 aliphatic heterocycles. The Kier molecular flexibility index (Phi) is 4.28. The van der Waals surface area contributed by atoms with Crippen molar-refractivity contribution in [1.29, 1.82) is 0 Å². The molecule has 23 heavy (non-hydrogen) atoms. The fourth-order valence-electron chi connectivity index (χ4n) is 2.80. The number of carbonyl (C=O) groups excluding carboxylic acids is 1. The smallest absolute Gasteiger partial charge is 0.289 e. The molecule has 1 aliphatic rings. The zero-order valence-corrected chi connectivity index (χ0v) is 13.8. The van der Waals surface area contributed by atoms with Crippen molar-refractivity contribution in [3.63, 3.8) is 0 Å². The molecule has 5 nitrogen and oxygen atoms in total. The van der Waals surface area contributed by atoms with E-state index in [9.17, 15) is 4.79 Å². The number of aryl methyl sites for hydroxylation is 2. The maximum atomic E-state index is 12.5. The van der Waals surface area contributed by atoms with Crippen molar-refractivity contribution in [2.75, 3.05) is 38.2 Å². The number of nitrogens with zero attached hydrogens (tertiary/aromatic N) is 2. The van der Waals surface area contributed by atoms with E-state index in [2.05, 4.69) is 17.0 Å². The summed E-state index contributed by atoms with van der Waals surface area (Å²) in [4.78, 5) is 16.6. The molecule has 5 heteroatoms. The van der Waals surface area contributed by atoms with Gasteiger partial charge in [-0.3, -0.25) is 4.79 Å². The van der Waals surface area contributed by atoms with Gasteiger partial charge in [-0.05, 0) is 49.7 Å². The highest BCUT2D eigenvalue weighted by molar-refractivity contribution is 5.92. The second kappa shape index (κ2) is 6.36. The van der Waals surface area contributed by atoms with Crippen LogP contribution in [0.25, 0.3) is 0 Å². The first-order valence-electron chi connectivity index (χ1n) is 7.84. The maximum absolute atomic E-state index is 12.5. The van der Waals surface area contributed by atoms with Gasteiger partial charge in [0.25, 0.3) is 5.91 Å². The highest BCUT2D eigenvalue weighted by atomic mass is 16.5. The zero-order valence-electron chi connectivity index (χ0n) is 13.8. The molecule has 2 heterocycles. The summed E-state index contributed by atoms with van der Waals surface area (Å²) >= 11 is 0. The van der Waals surface area contributed by atoms with Crippen molar-refractivity contribution < 1.29 is 13.9 Å².